The van der Waals surface area contributed by atoms with Crippen LogP contribution in [0.2, 0.25) is 0 Å². The second-order valence-corrected chi connectivity index (χ2v) is 8.57. The number of anilines is 1. The van der Waals surface area contributed by atoms with E-state index in [-0.39, 0.29) is 36.2 Å². The van der Waals surface area contributed by atoms with Gasteiger partial charge in [-0.15, -0.1) is 0 Å². The van der Waals surface area contributed by atoms with Crippen molar-refractivity contribution in [3.8, 4) is 11.5 Å². The molecule has 2 aromatic carbocycles. The summed E-state index contributed by atoms with van der Waals surface area (Å²) in [7, 11) is -3.72. The molecule has 2 aliphatic heterocycles. The number of hydrogen-bond acceptors (Lipinski definition) is 6. The number of nitrogens with zero attached hydrogens (tertiary/aromatic N) is 1. The van der Waals surface area contributed by atoms with E-state index in [1.807, 2.05) is 6.07 Å². The lowest BCUT2D eigenvalue weighted by Gasteiger charge is -2.16. The summed E-state index contributed by atoms with van der Waals surface area (Å²) in [5.74, 6) is -0.413. The SMILES string of the molecule is C[C@@H]1CS(=O)(=O)N(c2cccc(C(=O)NCc3ccc4c(c3)OCO4)c2)C1=O. The quantitative estimate of drug-likeness (QED) is 0.835. The Morgan fingerprint density at radius 2 is 1.96 bits per heavy atom. The van der Waals surface area contributed by atoms with E-state index in [9.17, 15) is 18.0 Å². The van der Waals surface area contributed by atoms with Crippen molar-refractivity contribution >= 4 is 27.5 Å². The topological polar surface area (TPSA) is 102 Å². The van der Waals surface area contributed by atoms with Gasteiger partial charge in [-0.2, -0.15) is 0 Å². The maximum atomic E-state index is 12.5. The molecule has 9 heteroatoms. The molecule has 1 atom stereocenters. The Hall–Kier alpha value is -3.07. The third-order valence-electron chi connectivity index (χ3n) is 4.59. The summed E-state index contributed by atoms with van der Waals surface area (Å²) in [6, 6.07) is 11.4. The van der Waals surface area contributed by atoms with Gasteiger partial charge in [0.25, 0.3) is 5.91 Å². The van der Waals surface area contributed by atoms with E-state index in [0.717, 1.165) is 9.87 Å². The monoisotopic (exact) mass is 402 g/mol. The number of nitrogens with one attached hydrogen (secondary N) is 1. The van der Waals surface area contributed by atoms with Gasteiger partial charge in [0.2, 0.25) is 22.7 Å². The average Bonchev–Trinajstić information content (AvgIpc) is 3.21. The normalized spacial score (nSPS) is 19.7. The van der Waals surface area contributed by atoms with Crippen molar-refractivity contribution < 1.29 is 27.5 Å². The summed E-state index contributed by atoms with van der Waals surface area (Å²) >= 11 is 0. The van der Waals surface area contributed by atoms with Crippen LogP contribution in [0.4, 0.5) is 5.69 Å². The number of amides is 2. The molecular weight excluding hydrogens is 384 g/mol. The third-order valence-corrected chi connectivity index (χ3v) is 6.46. The summed E-state index contributed by atoms with van der Waals surface area (Å²) in [5, 5.41) is 2.78. The number of benzene rings is 2. The molecule has 0 unspecified atom stereocenters. The molecule has 1 N–H and O–H groups in total. The van der Waals surface area contributed by atoms with Gasteiger partial charge in [-0.1, -0.05) is 19.1 Å². The van der Waals surface area contributed by atoms with Crippen molar-refractivity contribution in [1.82, 2.24) is 5.32 Å². The predicted octanol–water partition coefficient (Wildman–Crippen LogP) is 1.66. The standard InChI is InChI=1S/C19H18N2O6S/c1-12-10-28(24,25)21(19(12)23)15-4-2-3-14(8-15)18(22)20-9-13-5-6-16-17(7-13)27-11-26-16/h2-8,12H,9-11H2,1H3,(H,20,22)/t12-/m1/s1. The molecular formula is C19H18N2O6S. The Morgan fingerprint density at radius 3 is 2.71 bits per heavy atom. The van der Waals surface area contributed by atoms with Crippen LogP contribution in [-0.4, -0.2) is 32.8 Å². The molecule has 0 aromatic heterocycles. The molecule has 146 valence electrons. The van der Waals surface area contributed by atoms with Crippen LogP contribution in [0.1, 0.15) is 22.8 Å². The molecule has 0 bridgehead atoms. The molecule has 0 saturated carbocycles. The fourth-order valence-electron chi connectivity index (χ4n) is 3.20. The van der Waals surface area contributed by atoms with Crippen LogP contribution in [0.15, 0.2) is 42.5 Å². The van der Waals surface area contributed by atoms with Gasteiger partial charge in [-0.25, -0.2) is 12.7 Å². The molecule has 0 spiro atoms. The van der Waals surface area contributed by atoms with Gasteiger partial charge >= 0.3 is 0 Å². The minimum atomic E-state index is -3.72. The molecule has 2 amide bonds. The highest BCUT2D eigenvalue weighted by atomic mass is 32.2. The van der Waals surface area contributed by atoms with Crippen molar-refractivity contribution in [2.75, 3.05) is 16.9 Å². The second-order valence-electron chi connectivity index (χ2n) is 6.70. The largest absolute Gasteiger partial charge is 0.454 e. The lowest BCUT2D eigenvalue weighted by atomic mass is 10.1. The molecule has 2 aliphatic rings. The molecule has 0 radical (unpaired) electrons. The number of hydrogen-bond donors (Lipinski definition) is 1. The van der Waals surface area contributed by atoms with Gasteiger partial charge in [0, 0.05) is 12.1 Å². The number of carbonyl (C=O) groups excluding carboxylic acids is 2. The first kappa shape index (κ1) is 18.3. The van der Waals surface area contributed by atoms with Gasteiger partial charge in [0.05, 0.1) is 17.4 Å². The van der Waals surface area contributed by atoms with Crippen LogP contribution < -0.4 is 19.1 Å². The molecule has 1 saturated heterocycles. The fourth-order valence-corrected chi connectivity index (χ4v) is 5.01. The summed E-state index contributed by atoms with van der Waals surface area (Å²) in [6.07, 6.45) is 0. The zero-order valence-electron chi connectivity index (χ0n) is 15.0. The molecule has 0 aliphatic carbocycles. The minimum Gasteiger partial charge on any atom is -0.454 e. The van der Waals surface area contributed by atoms with Crippen LogP contribution in [0.25, 0.3) is 0 Å². The van der Waals surface area contributed by atoms with Crippen molar-refractivity contribution in [2.45, 2.75) is 13.5 Å². The highest BCUT2D eigenvalue weighted by Gasteiger charge is 2.42. The van der Waals surface area contributed by atoms with Gasteiger partial charge < -0.3 is 14.8 Å². The molecule has 2 aromatic rings. The zero-order valence-corrected chi connectivity index (χ0v) is 15.9. The molecule has 4 rings (SSSR count). The number of rotatable bonds is 4. The first-order chi connectivity index (χ1) is 13.3. The highest BCUT2D eigenvalue weighted by molar-refractivity contribution is 7.94. The summed E-state index contributed by atoms with van der Waals surface area (Å²) in [6.45, 7) is 2.01. The molecule has 28 heavy (non-hydrogen) atoms. The highest BCUT2D eigenvalue weighted by Crippen LogP contribution is 2.32. The Labute approximate surface area is 162 Å². The van der Waals surface area contributed by atoms with Crippen LogP contribution in [-0.2, 0) is 21.4 Å². The van der Waals surface area contributed by atoms with Crippen molar-refractivity contribution in [2.24, 2.45) is 5.92 Å². The number of ether oxygens (including phenoxy) is 2. The van der Waals surface area contributed by atoms with Crippen LogP contribution in [0.3, 0.4) is 0 Å². The Bertz CT molecular complexity index is 1070. The molecule has 2 heterocycles. The second kappa shape index (κ2) is 6.83. The zero-order chi connectivity index (χ0) is 19.9. The maximum Gasteiger partial charge on any atom is 0.251 e. The van der Waals surface area contributed by atoms with E-state index in [0.29, 0.717) is 11.5 Å². The summed E-state index contributed by atoms with van der Waals surface area (Å²) in [5.41, 5.74) is 1.27. The minimum absolute atomic E-state index is 0.171. The van der Waals surface area contributed by atoms with Gasteiger partial charge in [0.1, 0.15) is 0 Å². The molecule has 1 fully saturated rings. The van der Waals surface area contributed by atoms with E-state index in [1.54, 1.807) is 31.2 Å². The summed E-state index contributed by atoms with van der Waals surface area (Å²) in [4.78, 5) is 24.7. The number of carbonyl (C=O) groups is 2. The van der Waals surface area contributed by atoms with E-state index in [1.165, 1.54) is 12.1 Å². The Kier molecular flexibility index (Phi) is 4.46. The number of sulfonamides is 1. The molecule has 8 nitrogen and oxygen atoms in total. The van der Waals surface area contributed by atoms with Crippen LogP contribution >= 0.6 is 0 Å². The third kappa shape index (κ3) is 3.29. The van der Waals surface area contributed by atoms with E-state index < -0.39 is 21.8 Å². The van der Waals surface area contributed by atoms with E-state index in [2.05, 4.69) is 5.32 Å². The van der Waals surface area contributed by atoms with Crippen molar-refractivity contribution in [1.29, 1.82) is 0 Å². The lowest BCUT2D eigenvalue weighted by Crippen LogP contribution is -2.30. The predicted molar refractivity (Wildman–Crippen MR) is 101 cm³/mol. The lowest BCUT2D eigenvalue weighted by molar-refractivity contribution is -0.119. The maximum absolute atomic E-state index is 12.5. The summed E-state index contributed by atoms with van der Waals surface area (Å²) < 4.78 is 35.8. The van der Waals surface area contributed by atoms with E-state index >= 15 is 0 Å². The smallest absolute Gasteiger partial charge is 0.251 e. The van der Waals surface area contributed by atoms with Crippen LogP contribution in [0.5, 0.6) is 11.5 Å². The first-order valence-electron chi connectivity index (χ1n) is 8.69. The number of fused-ring (bicyclic) bond motifs is 1. The fraction of sp³-hybridized carbons (Fsp3) is 0.263. The van der Waals surface area contributed by atoms with Gasteiger partial charge in [0.15, 0.2) is 11.5 Å². The van der Waals surface area contributed by atoms with E-state index in [4.69, 9.17) is 9.47 Å². The van der Waals surface area contributed by atoms with Gasteiger partial charge in [-0.3, -0.25) is 9.59 Å². The van der Waals surface area contributed by atoms with Crippen molar-refractivity contribution in [3.63, 3.8) is 0 Å². The van der Waals surface area contributed by atoms with Crippen LogP contribution in [0, 0.1) is 5.92 Å². The first-order valence-corrected chi connectivity index (χ1v) is 10.3. The average molecular weight is 402 g/mol. The van der Waals surface area contributed by atoms with Gasteiger partial charge in [-0.05, 0) is 35.9 Å². The van der Waals surface area contributed by atoms with Crippen molar-refractivity contribution in [3.05, 3.63) is 53.6 Å². The Morgan fingerprint density at radius 1 is 1.18 bits per heavy atom. The Balaban J connectivity index is 1.50.